The summed E-state index contributed by atoms with van der Waals surface area (Å²) >= 11 is 0. The second-order valence-electron chi connectivity index (χ2n) is 5.12. The van der Waals surface area contributed by atoms with E-state index in [2.05, 4.69) is 6.92 Å². The maximum absolute atomic E-state index is 9.32. The first-order valence-electron chi connectivity index (χ1n) is 5.35. The van der Waals surface area contributed by atoms with Crippen LogP contribution >= 0.6 is 0 Å². The third-order valence-electron chi connectivity index (χ3n) is 4.03. The molecule has 0 amide bonds. The first kappa shape index (κ1) is 8.55. The Hall–Kier alpha value is -0.0400. The van der Waals surface area contributed by atoms with Crippen LogP contribution in [0.25, 0.3) is 0 Å². The lowest BCUT2D eigenvalue weighted by Crippen LogP contribution is -2.52. The molecule has 1 spiro atoms. The van der Waals surface area contributed by atoms with Gasteiger partial charge in [-0.2, -0.15) is 0 Å². The second-order valence-corrected chi connectivity index (χ2v) is 5.12. The molecule has 12 heavy (non-hydrogen) atoms. The van der Waals surface area contributed by atoms with Crippen molar-refractivity contribution < 1.29 is 5.11 Å². The van der Waals surface area contributed by atoms with E-state index in [1.165, 1.54) is 44.9 Å². The quantitative estimate of drug-likeness (QED) is 0.687. The van der Waals surface area contributed by atoms with Gasteiger partial charge in [0.15, 0.2) is 0 Å². The van der Waals surface area contributed by atoms with Gasteiger partial charge in [0.2, 0.25) is 0 Å². The molecule has 2 saturated carbocycles. The van der Waals surface area contributed by atoms with Gasteiger partial charge in [0, 0.05) is 6.61 Å². The van der Waals surface area contributed by atoms with Gasteiger partial charge in [0.05, 0.1) is 0 Å². The van der Waals surface area contributed by atoms with Crippen molar-refractivity contribution in [2.45, 2.75) is 51.9 Å². The first-order valence-corrected chi connectivity index (χ1v) is 5.35. The molecule has 1 heteroatoms. The van der Waals surface area contributed by atoms with Gasteiger partial charge in [0.25, 0.3) is 0 Å². The average Bonchev–Trinajstić information content (AvgIpc) is 1.92. The van der Waals surface area contributed by atoms with Crippen LogP contribution in [0.2, 0.25) is 0 Å². The molecular weight excluding hydrogens is 148 g/mol. The third kappa shape index (κ3) is 1.10. The van der Waals surface area contributed by atoms with E-state index < -0.39 is 0 Å². The molecule has 0 aromatic carbocycles. The Morgan fingerprint density at radius 2 is 1.92 bits per heavy atom. The van der Waals surface area contributed by atoms with E-state index in [-0.39, 0.29) is 0 Å². The van der Waals surface area contributed by atoms with Gasteiger partial charge in [-0.25, -0.2) is 0 Å². The van der Waals surface area contributed by atoms with Gasteiger partial charge >= 0.3 is 0 Å². The fraction of sp³-hybridized carbons (Fsp3) is 1.00. The van der Waals surface area contributed by atoms with Crippen molar-refractivity contribution in [1.82, 2.24) is 0 Å². The highest BCUT2D eigenvalue weighted by atomic mass is 16.3. The molecule has 0 aromatic heterocycles. The molecule has 70 valence electrons. The van der Waals surface area contributed by atoms with Crippen molar-refractivity contribution in [1.29, 1.82) is 0 Å². The summed E-state index contributed by atoms with van der Waals surface area (Å²) < 4.78 is 0. The molecule has 0 aromatic rings. The molecule has 2 rings (SSSR count). The lowest BCUT2D eigenvalue weighted by Gasteiger charge is -2.61. The van der Waals surface area contributed by atoms with E-state index in [9.17, 15) is 5.11 Å². The SMILES string of the molecule is CCCC1(CO)CC2(CCC2)C1. The summed E-state index contributed by atoms with van der Waals surface area (Å²) in [6.07, 6.45) is 9.45. The summed E-state index contributed by atoms with van der Waals surface area (Å²) in [6, 6.07) is 0. The molecule has 0 atom stereocenters. The van der Waals surface area contributed by atoms with Crippen molar-refractivity contribution in [3.8, 4) is 0 Å². The van der Waals surface area contributed by atoms with E-state index >= 15 is 0 Å². The lowest BCUT2D eigenvalue weighted by atomic mass is 9.44. The van der Waals surface area contributed by atoms with Gasteiger partial charge < -0.3 is 5.11 Å². The van der Waals surface area contributed by atoms with Crippen LogP contribution in [0.1, 0.15) is 51.9 Å². The smallest absolute Gasteiger partial charge is 0.0487 e. The van der Waals surface area contributed by atoms with Crippen molar-refractivity contribution in [3.63, 3.8) is 0 Å². The summed E-state index contributed by atoms with van der Waals surface area (Å²) in [5.74, 6) is 0. The second kappa shape index (κ2) is 2.73. The monoisotopic (exact) mass is 168 g/mol. The molecule has 2 aliphatic rings. The van der Waals surface area contributed by atoms with Gasteiger partial charge in [-0.3, -0.25) is 0 Å². The summed E-state index contributed by atoms with van der Waals surface area (Å²) in [6.45, 7) is 2.66. The summed E-state index contributed by atoms with van der Waals surface area (Å²) in [5.41, 5.74) is 1.08. The molecular formula is C11H20O. The van der Waals surface area contributed by atoms with Gasteiger partial charge in [-0.15, -0.1) is 0 Å². The Balaban J connectivity index is 1.89. The predicted molar refractivity (Wildman–Crippen MR) is 49.9 cm³/mol. The average molecular weight is 168 g/mol. The summed E-state index contributed by atoms with van der Waals surface area (Å²) in [7, 11) is 0. The van der Waals surface area contributed by atoms with Crippen LogP contribution in [-0.4, -0.2) is 11.7 Å². The predicted octanol–water partition coefficient (Wildman–Crippen LogP) is 2.73. The highest BCUT2D eigenvalue weighted by Gasteiger charge is 2.55. The Labute approximate surface area is 75.2 Å². The number of aliphatic hydroxyl groups excluding tert-OH is 1. The van der Waals surface area contributed by atoms with Gasteiger partial charge in [0.1, 0.15) is 0 Å². The highest BCUT2D eigenvalue weighted by Crippen LogP contribution is 2.65. The fourth-order valence-electron chi connectivity index (χ4n) is 3.47. The lowest BCUT2D eigenvalue weighted by molar-refractivity contribution is -0.125. The summed E-state index contributed by atoms with van der Waals surface area (Å²) in [4.78, 5) is 0. The van der Waals surface area contributed by atoms with Crippen LogP contribution in [0.5, 0.6) is 0 Å². The van der Waals surface area contributed by atoms with E-state index in [1.807, 2.05) is 0 Å². The van der Waals surface area contributed by atoms with Crippen LogP contribution in [0.4, 0.5) is 0 Å². The zero-order chi connectivity index (χ0) is 8.66. The van der Waals surface area contributed by atoms with E-state index in [1.54, 1.807) is 0 Å². The molecule has 0 bridgehead atoms. The van der Waals surface area contributed by atoms with Crippen molar-refractivity contribution in [2.24, 2.45) is 10.8 Å². The molecule has 0 aliphatic heterocycles. The summed E-state index contributed by atoms with van der Waals surface area (Å²) in [5, 5.41) is 9.32. The molecule has 2 aliphatic carbocycles. The maximum atomic E-state index is 9.32. The number of hydrogen-bond donors (Lipinski definition) is 1. The molecule has 0 radical (unpaired) electrons. The topological polar surface area (TPSA) is 20.2 Å². The largest absolute Gasteiger partial charge is 0.396 e. The van der Waals surface area contributed by atoms with Crippen molar-refractivity contribution in [3.05, 3.63) is 0 Å². The molecule has 0 saturated heterocycles. The number of rotatable bonds is 3. The van der Waals surface area contributed by atoms with Crippen LogP contribution in [-0.2, 0) is 0 Å². The zero-order valence-corrected chi connectivity index (χ0v) is 8.10. The van der Waals surface area contributed by atoms with Crippen LogP contribution in [0.15, 0.2) is 0 Å². The molecule has 0 unspecified atom stereocenters. The van der Waals surface area contributed by atoms with Crippen LogP contribution < -0.4 is 0 Å². The van der Waals surface area contributed by atoms with E-state index in [4.69, 9.17) is 0 Å². The molecule has 0 heterocycles. The Morgan fingerprint density at radius 1 is 1.25 bits per heavy atom. The van der Waals surface area contributed by atoms with Gasteiger partial charge in [-0.05, 0) is 42.9 Å². The minimum atomic E-state index is 0.356. The molecule has 1 N–H and O–H groups in total. The molecule has 1 nitrogen and oxygen atoms in total. The van der Waals surface area contributed by atoms with Crippen molar-refractivity contribution >= 4 is 0 Å². The number of aliphatic hydroxyl groups is 1. The molecule has 2 fully saturated rings. The number of hydrogen-bond acceptors (Lipinski definition) is 1. The third-order valence-corrected chi connectivity index (χ3v) is 4.03. The highest BCUT2D eigenvalue weighted by molar-refractivity contribution is 5.06. The normalized spacial score (nSPS) is 29.5. The zero-order valence-electron chi connectivity index (χ0n) is 8.10. The first-order chi connectivity index (χ1) is 5.74. The maximum Gasteiger partial charge on any atom is 0.0487 e. The van der Waals surface area contributed by atoms with Crippen molar-refractivity contribution in [2.75, 3.05) is 6.61 Å². The minimum Gasteiger partial charge on any atom is -0.396 e. The van der Waals surface area contributed by atoms with E-state index in [0.29, 0.717) is 12.0 Å². The standard InChI is InChI=1S/C11H20O/c1-2-4-11(9-12)7-10(8-11)5-3-6-10/h12H,2-9H2,1H3. The Morgan fingerprint density at radius 3 is 2.25 bits per heavy atom. The van der Waals surface area contributed by atoms with E-state index in [0.717, 1.165) is 5.41 Å². The Bertz CT molecular complexity index is 162. The van der Waals surface area contributed by atoms with Crippen LogP contribution in [0, 0.1) is 10.8 Å². The Kier molecular flexibility index (Phi) is 1.95. The van der Waals surface area contributed by atoms with Crippen LogP contribution in [0.3, 0.4) is 0 Å². The van der Waals surface area contributed by atoms with Gasteiger partial charge in [-0.1, -0.05) is 19.8 Å². The minimum absolute atomic E-state index is 0.356. The fourth-order valence-corrected chi connectivity index (χ4v) is 3.47.